The predicted octanol–water partition coefficient (Wildman–Crippen LogP) is 4.05. The summed E-state index contributed by atoms with van der Waals surface area (Å²) in [5.41, 5.74) is 6.92. The van der Waals surface area contributed by atoms with E-state index in [1.54, 1.807) is 12.1 Å². The summed E-state index contributed by atoms with van der Waals surface area (Å²) in [6, 6.07) is 9.76. The molecule has 0 amide bonds. The van der Waals surface area contributed by atoms with Crippen LogP contribution in [0.15, 0.2) is 40.9 Å². The second-order valence-electron chi connectivity index (χ2n) is 4.28. The fourth-order valence-corrected chi connectivity index (χ4v) is 2.41. The number of hydrogen-bond acceptors (Lipinski definition) is 4. The zero-order valence-corrected chi connectivity index (χ0v) is 13.2. The number of nitrogens with two attached hydrogens (primary N) is 1. The molecule has 0 saturated carbocycles. The molecule has 0 radical (unpaired) electrons. The van der Waals surface area contributed by atoms with Crippen LogP contribution in [0.3, 0.4) is 0 Å². The van der Waals surface area contributed by atoms with E-state index >= 15 is 0 Å². The number of ether oxygens (including phenoxy) is 1. The van der Waals surface area contributed by atoms with Crippen LogP contribution in [-0.2, 0) is 13.2 Å². The highest BCUT2D eigenvalue weighted by molar-refractivity contribution is 9.10. The van der Waals surface area contributed by atoms with Crippen molar-refractivity contribution in [2.24, 2.45) is 5.73 Å². The van der Waals surface area contributed by atoms with Gasteiger partial charge in [-0.15, -0.1) is 0 Å². The van der Waals surface area contributed by atoms with Crippen molar-refractivity contribution in [2.45, 2.75) is 13.2 Å². The summed E-state index contributed by atoms with van der Waals surface area (Å²) in [7, 11) is 0. The van der Waals surface area contributed by atoms with Crippen LogP contribution in [0.5, 0.6) is 5.75 Å². The molecule has 2 aromatic rings. The first kappa shape index (κ1) is 15.8. The average Bonchev–Trinajstić information content (AvgIpc) is 2.46. The van der Waals surface area contributed by atoms with Crippen molar-refractivity contribution >= 4 is 33.2 Å². The Morgan fingerprint density at radius 1 is 1.24 bits per heavy atom. The van der Waals surface area contributed by atoms with Crippen LogP contribution in [0.2, 0.25) is 5.02 Å². The maximum atomic E-state index is 11.0. The van der Waals surface area contributed by atoms with Gasteiger partial charge in [-0.05, 0) is 35.9 Å². The first-order chi connectivity index (χ1) is 10.0. The van der Waals surface area contributed by atoms with Gasteiger partial charge in [-0.2, -0.15) is 0 Å². The molecule has 2 aromatic carbocycles. The number of nitrogens with zero attached hydrogens (tertiary/aromatic N) is 1. The molecule has 0 atom stereocenters. The highest BCUT2D eigenvalue weighted by Gasteiger charge is 2.14. The van der Waals surface area contributed by atoms with E-state index < -0.39 is 4.92 Å². The lowest BCUT2D eigenvalue weighted by Crippen LogP contribution is -2.02. The quantitative estimate of drug-likeness (QED) is 0.635. The van der Waals surface area contributed by atoms with Gasteiger partial charge in [-0.3, -0.25) is 10.1 Å². The largest absolute Gasteiger partial charge is 0.489 e. The molecular formula is C14H12BrClN2O3. The van der Waals surface area contributed by atoms with Crippen molar-refractivity contribution < 1.29 is 9.66 Å². The molecule has 110 valence electrons. The first-order valence-corrected chi connectivity index (χ1v) is 7.22. The van der Waals surface area contributed by atoms with Crippen LogP contribution >= 0.6 is 27.5 Å². The third kappa shape index (κ3) is 3.93. The molecule has 2 N–H and O–H groups in total. The molecule has 21 heavy (non-hydrogen) atoms. The molecule has 0 aliphatic heterocycles. The van der Waals surface area contributed by atoms with E-state index in [4.69, 9.17) is 22.1 Å². The van der Waals surface area contributed by atoms with Crippen molar-refractivity contribution in [1.82, 2.24) is 0 Å². The van der Waals surface area contributed by atoms with E-state index in [0.717, 1.165) is 10.0 Å². The normalized spacial score (nSPS) is 10.4. The molecule has 0 fully saturated rings. The van der Waals surface area contributed by atoms with Gasteiger partial charge in [0.1, 0.15) is 12.4 Å². The highest BCUT2D eigenvalue weighted by Crippen LogP contribution is 2.26. The smallest absolute Gasteiger partial charge is 0.276 e. The number of hydrogen-bond donors (Lipinski definition) is 1. The van der Waals surface area contributed by atoms with Gasteiger partial charge in [0.2, 0.25) is 0 Å². The SMILES string of the molecule is NCc1cc(OCc2cc(Cl)ccc2[N+](=O)[O-])ccc1Br. The maximum absolute atomic E-state index is 11.0. The fraction of sp³-hybridized carbons (Fsp3) is 0.143. The molecule has 0 heterocycles. The lowest BCUT2D eigenvalue weighted by molar-refractivity contribution is -0.385. The van der Waals surface area contributed by atoms with Crippen LogP contribution in [0.4, 0.5) is 5.69 Å². The molecule has 0 aliphatic carbocycles. The third-order valence-electron chi connectivity index (χ3n) is 2.87. The maximum Gasteiger partial charge on any atom is 0.276 e. The van der Waals surface area contributed by atoms with Crippen molar-refractivity contribution in [3.8, 4) is 5.75 Å². The van der Waals surface area contributed by atoms with E-state index in [9.17, 15) is 10.1 Å². The number of nitro groups is 1. The average molecular weight is 372 g/mol. The summed E-state index contributed by atoms with van der Waals surface area (Å²) in [6.45, 7) is 0.428. The molecule has 7 heteroatoms. The van der Waals surface area contributed by atoms with Gasteiger partial charge in [0.25, 0.3) is 5.69 Å². The molecule has 0 spiro atoms. The molecule has 0 aromatic heterocycles. The van der Waals surface area contributed by atoms with Crippen LogP contribution in [0.25, 0.3) is 0 Å². The Balaban J connectivity index is 2.20. The Kier molecular flexibility index (Phi) is 5.17. The van der Waals surface area contributed by atoms with Crippen LogP contribution < -0.4 is 10.5 Å². The number of rotatable bonds is 5. The van der Waals surface area contributed by atoms with Gasteiger partial charge < -0.3 is 10.5 Å². The molecule has 2 rings (SSSR count). The van der Waals surface area contributed by atoms with Crippen molar-refractivity contribution in [2.75, 3.05) is 0 Å². The Bertz CT molecular complexity index is 679. The third-order valence-corrected chi connectivity index (χ3v) is 3.88. The van der Waals surface area contributed by atoms with Gasteiger partial charge in [0, 0.05) is 22.1 Å². The first-order valence-electron chi connectivity index (χ1n) is 6.05. The summed E-state index contributed by atoms with van der Waals surface area (Å²) in [5.74, 6) is 0.591. The minimum Gasteiger partial charge on any atom is -0.489 e. The van der Waals surface area contributed by atoms with E-state index in [2.05, 4.69) is 15.9 Å². The topological polar surface area (TPSA) is 78.4 Å². The lowest BCUT2D eigenvalue weighted by atomic mass is 10.2. The summed E-state index contributed by atoms with van der Waals surface area (Å²) < 4.78 is 6.49. The standard InChI is InChI=1S/C14H12BrClN2O3/c15-13-3-2-12(6-9(13)7-17)21-8-10-5-11(16)1-4-14(10)18(19)20/h1-6H,7-8,17H2. The minimum atomic E-state index is -0.456. The fourth-order valence-electron chi connectivity index (χ4n) is 1.81. The van der Waals surface area contributed by atoms with Crippen molar-refractivity contribution in [3.63, 3.8) is 0 Å². The molecule has 0 unspecified atom stereocenters. The molecule has 0 bridgehead atoms. The number of benzene rings is 2. The monoisotopic (exact) mass is 370 g/mol. The van der Waals surface area contributed by atoms with Gasteiger partial charge >= 0.3 is 0 Å². The number of halogens is 2. The predicted molar refractivity (Wildman–Crippen MR) is 84.5 cm³/mol. The second kappa shape index (κ2) is 6.89. The van der Waals surface area contributed by atoms with Crippen LogP contribution in [-0.4, -0.2) is 4.92 Å². The molecular weight excluding hydrogens is 360 g/mol. The Morgan fingerprint density at radius 2 is 2.00 bits per heavy atom. The van der Waals surface area contributed by atoms with Gasteiger partial charge in [0.15, 0.2) is 0 Å². The van der Waals surface area contributed by atoms with Gasteiger partial charge in [-0.25, -0.2) is 0 Å². The van der Waals surface area contributed by atoms with E-state index in [0.29, 0.717) is 22.9 Å². The minimum absolute atomic E-state index is 0.0180. The summed E-state index contributed by atoms with van der Waals surface area (Å²) in [5, 5.41) is 11.4. The zero-order chi connectivity index (χ0) is 15.4. The highest BCUT2D eigenvalue weighted by atomic mass is 79.9. The number of nitro benzene ring substituents is 1. The Morgan fingerprint density at radius 3 is 2.67 bits per heavy atom. The summed E-state index contributed by atoms with van der Waals surface area (Å²) >= 11 is 9.26. The van der Waals surface area contributed by atoms with Gasteiger partial charge in [-0.1, -0.05) is 27.5 Å². The second-order valence-corrected chi connectivity index (χ2v) is 5.57. The van der Waals surface area contributed by atoms with E-state index in [1.165, 1.54) is 18.2 Å². The molecule has 0 saturated heterocycles. The van der Waals surface area contributed by atoms with E-state index in [-0.39, 0.29) is 12.3 Å². The van der Waals surface area contributed by atoms with Gasteiger partial charge in [0.05, 0.1) is 10.5 Å². The van der Waals surface area contributed by atoms with Crippen LogP contribution in [0, 0.1) is 10.1 Å². The molecule has 0 aliphatic rings. The Hall–Kier alpha value is -1.63. The summed E-state index contributed by atoms with van der Waals surface area (Å²) in [4.78, 5) is 10.5. The van der Waals surface area contributed by atoms with Crippen molar-refractivity contribution in [3.05, 3.63) is 67.1 Å². The lowest BCUT2D eigenvalue weighted by Gasteiger charge is -2.09. The Labute approximate surface area is 134 Å². The zero-order valence-electron chi connectivity index (χ0n) is 10.9. The molecule has 5 nitrogen and oxygen atoms in total. The summed E-state index contributed by atoms with van der Waals surface area (Å²) in [6.07, 6.45) is 0. The van der Waals surface area contributed by atoms with E-state index in [1.807, 2.05) is 6.07 Å². The van der Waals surface area contributed by atoms with Crippen molar-refractivity contribution in [1.29, 1.82) is 0 Å². The van der Waals surface area contributed by atoms with Crippen LogP contribution in [0.1, 0.15) is 11.1 Å².